The van der Waals surface area contributed by atoms with Crippen LogP contribution in [0.25, 0.3) is 5.70 Å². The summed E-state index contributed by atoms with van der Waals surface area (Å²) in [6, 6.07) is 7.63. The normalized spacial score (nSPS) is 10.5. The lowest BCUT2D eigenvalue weighted by Gasteiger charge is -2.34. The van der Waals surface area contributed by atoms with Crippen molar-refractivity contribution in [1.82, 2.24) is 4.90 Å². The Morgan fingerprint density at radius 1 is 1.28 bits per heavy atom. The van der Waals surface area contributed by atoms with Crippen LogP contribution in [0.1, 0.15) is 38.8 Å². The molecular formula is C15H20N2O. The van der Waals surface area contributed by atoms with E-state index in [2.05, 4.69) is 39.2 Å². The van der Waals surface area contributed by atoms with Crippen molar-refractivity contribution in [3.63, 3.8) is 0 Å². The Morgan fingerprint density at radius 2 is 1.83 bits per heavy atom. The smallest absolute Gasteiger partial charge is 0.134 e. The minimum Gasteiger partial charge on any atom is -0.507 e. The van der Waals surface area contributed by atoms with Crippen LogP contribution in [0.3, 0.4) is 0 Å². The first-order valence-electron chi connectivity index (χ1n) is 6.09. The van der Waals surface area contributed by atoms with E-state index in [9.17, 15) is 5.11 Å². The van der Waals surface area contributed by atoms with Crippen molar-refractivity contribution < 1.29 is 5.11 Å². The van der Waals surface area contributed by atoms with Gasteiger partial charge >= 0.3 is 0 Å². The Morgan fingerprint density at radius 3 is 2.22 bits per heavy atom. The van der Waals surface area contributed by atoms with E-state index in [-0.39, 0.29) is 11.3 Å². The molecule has 0 aliphatic rings. The molecule has 0 unspecified atom stereocenters. The minimum absolute atomic E-state index is 0.00334. The van der Waals surface area contributed by atoms with Crippen molar-refractivity contribution in [1.29, 1.82) is 5.26 Å². The quantitative estimate of drug-likeness (QED) is 0.883. The molecule has 0 saturated heterocycles. The van der Waals surface area contributed by atoms with E-state index in [1.54, 1.807) is 12.1 Å². The summed E-state index contributed by atoms with van der Waals surface area (Å²) in [6.07, 6.45) is 0. The Bertz CT molecular complexity index is 476. The first-order chi connectivity index (χ1) is 8.38. The number of aromatic hydroxyl groups is 1. The Hall–Kier alpha value is -1.95. The average molecular weight is 244 g/mol. The fourth-order valence-corrected chi connectivity index (χ4v) is 2.17. The highest BCUT2D eigenvalue weighted by molar-refractivity contribution is 5.65. The lowest BCUT2D eigenvalue weighted by Crippen LogP contribution is -2.35. The van der Waals surface area contributed by atoms with E-state index in [0.717, 1.165) is 11.3 Å². The molecule has 1 N–H and O–H groups in total. The molecular weight excluding hydrogens is 224 g/mol. The molecule has 0 aromatic heterocycles. The third-order valence-electron chi connectivity index (χ3n) is 2.88. The van der Waals surface area contributed by atoms with Crippen molar-refractivity contribution in [2.24, 2.45) is 0 Å². The van der Waals surface area contributed by atoms with Crippen LogP contribution in [-0.4, -0.2) is 22.1 Å². The van der Waals surface area contributed by atoms with Crippen LogP contribution in [0, 0.1) is 11.3 Å². The van der Waals surface area contributed by atoms with Gasteiger partial charge in [0.1, 0.15) is 11.8 Å². The van der Waals surface area contributed by atoms with E-state index in [1.807, 2.05) is 12.1 Å². The van der Waals surface area contributed by atoms with Gasteiger partial charge in [-0.25, -0.2) is 0 Å². The standard InChI is InChI=1S/C15H20N2O/c1-10(2)17(11(3)4)12(5)13-6-7-14(9-16)15(18)8-13/h6-8,10-11,18H,5H2,1-4H3. The topological polar surface area (TPSA) is 47.3 Å². The van der Waals surface area contributed by atoms with E-state index in [4.69, 9.17) is 5.26 Å². The summed E-state index contributed by atoms with van der Waals surface area (Å²) in [5, 5.41) is 18.5. The van der Waals surface area contributed by atoms with E-state index < -0.39 is 0 Å². The first-order valence-corrected chi connectivity index (χ1v) is 6.09. The van der Waals surface area contributed by atoms with E-state index >= 15 is 0 Å². The Labute approximate surface area is 109 Å². The fraction of sp³-hybridized carbons (Fsp3) is 0.400. The number of phenols is 1. The summed E-state index contributed by atoms with van der Waals surface area (Å²) in [4.78, 5) is 2.18. The number of nitrogens with zero attached hydrogens (tertiary/aromatic N) is 2. The number of benzene rings is 1. The van der Waals surface area contributed by atoms with Crippen molar-refractivity contribution in [2.75, 3.05) is 0 Å². The van der Waals surface area contributed by atoms with E-state index in [0.29, 0.717) is 12.1 Å². The lowest BCUT2D eigenvalue weighted by atomic mass is 10.1. The summed E-state index contributed by atoms with van der Waals surface area (Å²) < 4.78 is 0. The summed E-state index contributed by atoms with van der Waals surface area (Å²) in [5.74, 6) is 0.00334. The molecule has 0 aliphatic carbocycles. The molecule has 3 heteroatoms. The Kier molecular flexibility index (Phi) is 4.38. The van der Waals surface area contributed by atoms with Gasteiger partial charge in [-0.3, -0.25) is 0 Å². The first kappa shape index (κ1) is 14.1. The van der Waals surface area contributed by atoms with Crippen molar-refractivity contribution in [3.8, 4) is 11.8 Å². The van der Waals surface area contributed by atoms with Crippen molar-refractivity contribution in [3.05, 3.63) is 35.9 Å². The van der Waals surface area contributed by atoms with Gasteiger partial charge < -0.3 is 10.0 Å². The number of nitriles is 1. The molecule has 3 nitrogen and oxygen atoms in total. The monoisotopic (exact) mass is 244 g/mol. The summed E-state index contributed by atoms with van der Waals surface area (Å²) in [6.45, 7) is 12.5. The van der Waals surface area contributed by atoms with Gasteiger partial charge in [0.15, 0.2) is 0 Å². The molecule has 96 valence electrons. The van der Waals surface area contributed by atoms with E-state index in [1.165, 1.54) is 0 Å². The fourth-order valence-electron chi connectivity index (χ4n) is 2.17. The van der Waals surface area contributed by atoms with Gasteiger partial charge in [-0.1, -0.05) is 12.6 Å². The highest BCUT2D eigenvalue weighted by Gasteiger charge is 2.17. The zero-order valence-electron chi connectivity index (χ0n) is 11.4. The van der Waals surface area contributed by atoms with Crippen LogP contribution in [0.5, 0.6) is 5.75 Å². The lowest BCUT2D eigenvalue weighted by molar-refractivity contribution is 0.274. The van der Waals surface area contributed by atoms with Gasteiger partial charge in [0.05, 0.1) is 5.56 Å². The number of hydrogen-bond donors (Lipinski definition) is 1. The predicted octanol–water partition coefficient (Wildman–Crippen LogP) is 3.35. The second-order valence-electron chi connectivity index (χ2n) is 4.89. The molecule has 0 heterocycles. The highest BCUT2D eigenvalue weighted by Crippen LogP contribution is 2.27. The van der Waals surface area contributed by atoms with Crippen molar-refractivity contribution >= 4 is 5.70 Å². The number of rotatable bonds is 4. The van der Waals surface area contributed by atoms with Gasteiger partial charge in [-0.15, -0.1) is 0 Å². The molecule has 0 spiro atoms. The van der Waals surface area contributed by atoms with Crippen LogP contribution in [0.2, 0.25) is 0 Å². The summed E-state index contributed by atoms with van der Waals surface area (Å²) >= 11 is 0. The maximum Gasteiger partial charge on any atom is 0.134 e. The van der Waals surface area contributed by atoms with Gasteiger partial charge in [0.2, 0.25) is 0 Å². The van der Waals surface area contributed by atoms with Crippen LogP contribution in [0.4, 0.5) is 0 Å². The molecule has 0 saturated carbocycles. The van der Waals surface area contributed by atoms with Gasteiger partial charge in [0.25, 0.3) is 0 Å². The molecule has 0 fully saturated rings. The van der Waals surface area contributed by atoms with Gasteiger partial charge in [0, 0.05) is 23.3 Å². The maximum atomic E-state index is 9.72. The average Bonchev–Trinajstić information content (AvgIpc) is 2.27. The largest absolute Gasteiger partial charge is 0.507 e. The maximum absolute atomic E-state index is 9.72. The van der Waals surface area contributed by atoms with Gasteiger partial charge in [-0.05, 0) is 39.8 Å². The second kappa shape index (κ2) is 5.59. The SMILES string of the molecule is C=C(c1ccc(C#N)c(O)c1)N(C(C)C)C(C)C. The zero-order valence-corrected chi connectivity index (χ0v) is 11.4. The summed E-state index contributed by atoms with van der Waals surface area (Å²) in [5.41, 5.74) is 1.99. The van der Waals surface area contributed by atoms with Crippen molar-refractivity contribution in [2.45, 2.75) is 39.8 Å². The number of phenolic OH excluding ortho intramolecular Hbond substituents is 1. The molecule has 0 bridgehead atoms. The third-order valence-corrected chi connectivity index (χ3v) is 2.88. The molecule has 1 aromatic carbocycles. The number of hydrogen-bond acceptors (Lipinski definition) is 3. The molecule has 0 radical (unpaired) electrons. The molecule has 1 rings (SSSR count). The van der Waals surface area contributed by atoms with Crippen LogP contribution in [0.15, 0.2) is 24.8 Å². The highest BCUT2D eigenvalue weighted by atomic mass is 16.3. The molecule has 18 heavy (non-hydrogen) atoms. The Balaban J connectivity index is 3.11. The molecule has 0 aliphatic heterocycles. The molecule has 1 aromatic rings. The molecule has 0 amide bonds. The summed E-state index contributed by atoms with van der Waals surface area (Å²) in [7, 11) is 0. The molecule has 0 atom stereocenters. The van der Waals surface area contributed by atoms with Crippen LogP contribution in [-0.2, 0) is 0 Å². The van der Waals surface area contributed by atoms with Gasteiger partial charge in [-0.2, -0.15) is 5.26 Å². The minimum atomic E-state index is 0.00334. The zero-order chi connectivity index (χ0) is 13.9. The second-order valence-corrected chi connectivity index (χ2v) is 4.89. The third kappa shape index (κ3) is 2.84. The van der Waals surface area contributed by atoms with Crippen LogP contribution < -0.4 is 0 Å². The van der Waals surface area contributed by atoms with Crippen LogP contribution >= 0.6 is 0 Å². The predicted molar refractivity (Wildman–Crippen MR) is 74.0 cm³/mol.